The number of aromatic nitrogens is 1. The molecule has 1 amide bonds. The van der Waals surface area contributed by atoms with Crippen LogP contribution in [0.15, 0.2) is 18.3 Å². The first-order valence-electron chi connectivity index (χ1n) is 6.20. The maximum atomic E-state index is 12.3. The zero-order chi connectivity index (χ0) is 12.5. The highest BCUT2D eigenvalue weighted by Crippen LogP contribution is 2.21. The first-order valence-corrected chi connectivity index (χ1v) is 6.20. The molecule has 0 saturated carbocycles. The second-order valence-corrected chi connectivity index (χ2v) is 5.01. The van der Waals surface area contributed by atoms with Gasteiger partial charge in [0.1, 0.15) is 5.69 Å². The van der Waals surface area contributed by atoms with E-state index in [4.69, 9.17) is 0 Å². The van der Waals surface area contributed by atoms with E-state index in [1.54, 1.807) is 11.8 Å². The summed E-state index contributed by atoms with van der Waals surface area (Å²) in [5.41, 5.74) is -0.0254. The van der Waals surface area contributed by atoms with Gasteiger partial charge in [0, 0.05) is 25.8 Å². The predicted octanol–water partition coefficient (Wildman–Crippen LogP) is 1.50. The van der Waals surface area contributed by atoms with E-state index in [0.717, 1.165) is 25.9 Å². The number of carbonyl (C=O) groups excluding carboxylic acids is 1. The molecule has 2 rings (SSSR count). The average molecular weight is 236 g/mol. The van der Waals surface area contributed by atoms with E-state index in [1.807, 2.05) is 29.8 Å². The summed E-state index contributed by atoms with van der Waals surface area (Å²) in [6, 6.07) is 3.73. The number of hydrogen-bond acceptors (Lipinski definition) is 2. The van der Waals surface area contributed by atoms with E-state index in [9.17, 15) is 9.90 Å². The molecular formula is C13H20N2O2. The van der Waals surface area contributed by atoms with E-state index in [0.29, 0.717) is 12.2 Å². The summed E-state index contributed by atoms with van der Waals surface area (Å²) in [6.45, 7) is 5.78. The lowest BCUT2D eigenvalue weighted by Gasteiger charge is -2.36. The van der Waals surface area contributed by atoms with Gasteiger partial charge < -0.3 is 14.6 Å². The zero-order valence-electron chi connectivity index (χ0n) is 10.5. The van der Waals surface area contributed by atoms with E-state index in [2.05, 4.69) is 0 Å². The SMILES string of the molecule is CCn1cccc1C(=O)N1CCCC(C)(O)C1. The van der Waals surface area contributed by atoms with Crippen molar-refractivity contribution < 1.29 is 9.90 Å². The van der Waals surface area contributed by atoms with Crippen LogP contribution < -0.4 is 0 Å². The van der Waals surface area contributed by atoms with Crippen LogP contribution in [0.4, 0.5) is 0 Å². The van der Waals surface area contributed by atoms with Crippen LogP contribution in [0.3, 0.4) is 0 Å². The summed E-state index contributed by atoms with van der Waals surface area (Å²) in [6.07, 6.45) is 3.55. The minimum Gasteiger partial charge on any atom is -0.388 e. The van der Waals surface area contributed by atoms with Gasteiger partial charge in [-0.15, -0.1) is 0 Å². The smallest absolute Gasteiger partial charge is 0.270 e. The molecule has 1 unspecified atom stereocenters. The normalized spacial score (nSPS) is 25.0. The Bertz CT molecular complexity index is 409. The highest BCUT2D eigenvalue weighted by atomic mass is 16.3. The molecule has 1 aliphatic heterocycles. The average Bonchev–Trinajstić information content (AvgIpc) is 2.74. The van der Waals surface area contributed by atoms with Crippen molar-refractivity contribution in [1.82, 2.24) is 9.47 Å². The molecular weight excluding hydrogens is 216 g/mol. The fourth-order valence-electron chi connectivity index (χ4n) is 2.44. The van der Waals surface area contributed by atoms with Crippen LogP contribution in [-0.2, 0) is 6.54 Å². The summed E-state index contributed by atoms with van der Waals surface area (Å²) >= 11 is 0. The van der Waals surface area contributed by atoms with Gasteiger partial charge in [0.25, 0.3) is 5.91 Å². The quantitative estimate of drug-likeness (QED) is 0.845. The monoisotopic (exact) mass is 236 g/mol. The van der Waals surface area contributed by atoms with Crippen LogP contribution in [0.5, 0.6) is 0 Å². The highest BCUT2D eigenvalue weighted by Gasteiger charge is 2.31. The van der Waals surface area contributed by atoms with E-state index in [-0.39, 0.29) is 5.91 Å². The Morgan fingerprint density at radius 3 is 3.00 bits per heavy atom. The third-order valence-corrected chi connectivity index (χ3v) is 3.35. The molecule has 1 fully saturated rings. The standard InChI is InChI=1S/C13H20N2O2/c1-3-14-8-4-6-11(14)12(16)15-9-5-7-13(2,17)10-15/h4,6,8,17H,3,5,7,9-10H2,1-2H3. The largest absolute Gasteiger partial charge is 0.388 e. The molecule has 4 nitrogen and oxygen atoms in total. The van der Waals surface area contributed by atoms with Gasteiger partial charge >= 0.3 is 0 Å². The van der Waals surface area contributed by atoms with Crippen molar-refractivity contribution in [3.05, 3.63) is 24.0 Å². The molecule has 17 heavy (non-hydrogen) atoms. The molecule has 1 atom stereocenters. The third kappa shape index (κ3) is 2.52. The first-order chi connectivity index (χ1) is 8.03. The topological polar surface area (TPSA) is 45.5 Å². The molecule has 4 heteroatoms. The molecule has 0 bridgehead atoms. The molecule has 2 heterocycles. The molecule has 1 aromatic heterocycles. The molecule has 1 N–H and O–H groups in total. The molecule has 0 aromatic carbocycles. The Hall–Kier alpha value is -1.29. The Balaban J connectivity index is 2.15. The number of nitrogens with zero attached hydrogens (tertiary/aromatic N) is 2. The van der Waals surface area contributed by atoms with Gasteiger partial charge in [-0.25, -0.2) is 0 Å². The fraction of sp³-hybridized carbons (Fsp3) is 0.615. The maximum absolute atomic E-state index is 12.3. The van der Waals surface area contributed by atoms with Gasteiger partial charge in [0.15, 0.2) is 0 Å². The van der Waals surface area contributed by atoms with Crippen LogP contribution >= 0.6 is 0 Å². The summed E-state index contributed by atoms with van der Waals surface area (Å²) in [5.74, 6) is 0.0248. The van der Waals surface area contributed by atoms with Gasteiger partial charge in [-0.2, -0.15) is 0 Å². The number of aliphatic hydroxyl groups is 1. The predicted molar refractivity (Wildman–Crippen MR) is 65.9 cm³/mol. The van der Waals surface area contributed by atoms with Crippen molar-refractivity contribution in [3.8, 4) is 0 Å². The lowest BCUT2D eigenvalue weighted by Crippen LogP contribution is -2.48. The number of piperidine rings is 1. The lowest BCUT2D eigenvalue weighted by molar-refractivity contribution is -0.0111. The van der Waals surface area contributed by atoms with E-state index >= 15 is 0 Å². The lowest BCUT2D eigenvalue weighted by atomic mass is 9.95. The third-order valence-electron chi connectivity index (χ3n) is 3.35. The molecule has 0 aliphatic carbocycles. The number of aryl methyl sites for hydroxylation is 1. The number of rotatable bonds is 2. The van der Waals surface area contributed by atoms with Crippen molar-refractivity contribution in [1.29, 1.82) is 0 Å². The summed E-state index contributed by atoms with van der Waals surface area (Å²) < 4.78 is 1.94. The second kappa shape index (κ2) is 4.53. The maximum Gasteiger partial charge on any atom is 0.270 e. The van der Waals surface area contributed by atoms with Crippen LogP contribution in [0.1, 0.15) is 37.2 Å². The minimum absolute atomic E-state index is 0.0248. The fourth-order valence-corrected chi connectivity index (χ4v) is 2.44. The molecule has 1 aliphatic rings. The van der Waals surface area contributed by atoms with Crippen molar-refractivity contribution in [2.75, 3.05) is 13.1 Å². The van der Waals surface area contributed by atoms with Crippen LogP contribution in [0, 0.1) is 0 Å². The minimum atomic E-state index is -0.739. The number of β-amino-alcohol motifs (C(OH)–C–C–N with tert-alkyl or cyclic N) is 1. The van der Waals surface area contributed by atoms with Crippen LogP contribution in [0.25, 0.3) is 0 Å². The number of likely N-dealkylation sites (tertiary alicyclic amines) is 1. The van der Waals surface area contributed by atoms with Gasteiger partial charge in [-0.1, -0.05) is 0 Å². The molecule has 1 aromatic rings. The molecule has 1 saturated heterocycles. The number of hydrogen-bond donors (Lipinski definition) is 1. The molecule has 0 radical (unpaired) electrons. The summed E-state index contributed by atoms with van der Waals surface area (Å²) in [7, 11) is 0. The highest BCUT2D eigenvalue weighted by molar-refractivity contribution is 5.92. The Labute approximate surface area is 102 Å². The Morgan fingerprint density at radius 2 is 2.35 bits per heavy atom. The van der Waals surface area contributed by atoms with Crippen LogP contribution in [0.2, 0.25) is 0 Å². The zero-order valence-corrected chi connectivity index (χ0v) is 10.5. The van der Waals surface area contributed by atoms with Crippen molar-refractivity contribution in [2.24, 2.45) is 0 Å². The Kier molecular flexibility index (Phi) is 3.24. The summed E-state index contributed by atoms with van der Waals surface area (Å²) in [5, 5.41) is 10.0. The van der Waals surface area contributed by atoms with Gasteiger partial charge in [-0.05, 0) is 38.8 Å². The van der Waals surface area contributed by atoms with Crippen molar-refractivity contribution in [2.45, 2.75) is 38.8 Å². The second-order valence-electron chi connectivity index (χ2n) is 5.01. The molecule has 0 spiro atoms. The number of amides is 1. The molecule has 94 valence electrons. The first kappa shape index (κ1) is 12.2. The van der Waals surface area contributed by atoms with Crippen molar-refractivity contribution in [3.63, 3.8) is 0 Å². The van der Waals surface area contributed by atoms with Crippen molar-refractivity contribution >= 4 is 5.91 Å². The van der Waals surface area contributed by atoms with Gasteiger partial charge in [0.2, 0.25) is 0 Å². The van der Waals surface area contributed by atoms with Gasteiger partial charge in [-0.3, -0.25) is 4.79 Å². The van der Waals surface area contributed by atoms with Crippen LogP contribution in [-0.4, -0.2) is 39.2 Å². The summed E-state index contributed by atoms with van der Waals surface area (Å²) in [4.78, 5) is 14.1. The van der Waals surface area contributed by atoms with Gasteiger partial charge in [0.05, 0.1) is 5.60 Å². The number of carbonyl (C=O) groups is 1. The Morgan fingerprint density at radius 1 is 1.59 bits per heavy atom. The van der Waals surface area contributed by atoms with E-state index in [1.165, 1.54) is 0 Å². The van der Waals surface area contributed by atoms with E-state index < -0.39 is 5.60 Å².